The quantitative estimate of drug-likeness (QED) is 0.577. The van der Waals surface area contributed by atoms with Crippen molar-refractivity contribution < 1.29 is 14.2 Å². The highest BCUT2D eigenvalue weighted by Crippen LogP contribution is 2.47. The standard InChI is InChI=1S/C11H17O3.BrH.Mg/c1-2-3-4-11-6-8-5-9(14-11)13-10(7-11)12-8;;/h8-10H,1-7H2;1H;/q;;+1/p-1. The smallest absolute Gasteiger partial charge is 0.349 e. The Morgan fingerprint density at radius 2 is 2.12 bits per heavy atom. The fraction of sp³-hybridized carbons (Fsp3) is 1.00. The molecule has 16 heavy (non-hydrogen) atoms. The topological polar surface area (TPSA) is 27.7 Å². The van der Waals surface area contributed by atoms with Gasteiger partial charge in [-0.05, 0) is 6.42 Å². The van der Waals surface area contributed by atoms with Crippen LogP contribution in [-0.4, -0.2) is 42.5 Å². The van der Waals surface area contributed by atoms with Gasteiger partial charge in [-0.2, -0.15) is 0 Å². The minimum absolute atomic E-state index is 0.0248. The number of unbranched alkanes of at least 4 members (excludes halogenated alkanes) is 1. The maximum absolute atomic E-state index is 6.09. The van der Waals surface area contributed by atoms with Gasteiger partial charge < -0.3 is 27.1 Å². The average Bonchev–Trinajstić information content (AvgIpc) is 2.22. The van der Waals surface area contributed by atoms with Gasteiger partial charge in [0.05, 0.1) is 11.7 Å². The van der Waals surface area contributed by atoms with Crippen molar-refractivity contribution in [2.24, 2.45) is 0 Å². The highest BCUT2D eigenvalue weighted by Gasteiger charge is 2.53. The Balaban J connectivity index is 1.56. The molecule has 4 heterocycles. The van der Waals surface area contributed by atoms with Crippen LogP contribution in [-0.2, 0) is 14.2 Å². The summed E-state index contributed by atoms with van der Waals surface area (Å²) in [6.45, 7) is 0. The minimum Gasteiger partial charge on any atom is -0.349 e. The van der Waals surface area contributed by atoms with Gasteiger partial charge in [-0.3, -0.25) is 0 Å². The SMILES string of the molecule is [Br][Mg][CH2]CCCC12CC3CC(OC(C1)O3)O2. The van der Waals surface area contributed by atoms with E-state index in [1.165, 1.54) is 23.8 Å². The van der Waals surface area contributed by atoms with E-state index in [4.69, 9.17) is 14.2 Å². The molecule has 0 N–H and O–H groups in total. The molecule has 4 rings (SSSR count). The molecule has 5 heteroatoms. The highest BCUT2D eigenvalue weighted by molar-refractivity contribution is 9.23. The van der Waals surface area contributed by atoms with Gasteiger partial charge >= 0.3 is 18.2 Å². The average molecular weight is 301 g/mol. The molecule has 4 aliphatic heterocycles. The van der Waals surface area contributed by atoms with E-state index in [0.717, 1.165) is 19.3 Å². The van der Waals surface area contributed by atoms with Gasteiger partial charge in [0, 0.05) is 19.3 Å². The normalized spacial score (nSPS) is 44.7. The first-order chi connectivity index (χ1) is 7.80. The van der Waals surface area contributed by atoms with Crippen LogP contribution in [0.25, 0.3) is 0 Å². The van der Waals surface area contributed by atoms with Crippen LogP contribution in [0.2, 0.25) is 4.55 Å². The summed E-state index contributed by atoms with van der Waals surface area (Å²) in [4.78, 5) is 0. The predicted molar refractivity (Wildman–Crippen MR) is 64.5 cm³/mol. The number of hydrogen-bond donors (Lipinski definition) is 0. The first kappa shape index (κ1) is 12.2. The van der Waals surface area contributed by atoms with E-state index in [2.05, 4.69) is 12.9 Å². The van der Waals surface area contributed by atoms with Gasteiger partial charge in [0.1, 0.15) is 0 Å². The fourth-order valence-corrected chi connectivity index (χ4v) is 4.94. The van der Waals surface area contributed by atoms with Gasteiger partial charge in [-0.15, -0.1) is 4.55 Å². The zero-order valence-corrected chi connectivity index (χ0v) is 12.5. The largest absolute Gasteiger partial charge is 0.468 e. The molecule has 0 radical (unpaired) electrons. The molecular weight excluding hydrogens is 284 g/mol. The van der Waals surface area contributed by atoms with E-state index in [9.17, 15) is 0 Å². The van der Waals surface area contributed by atoms with Crippen molar-refractivity contribution in [2.45, 2.75) is 67.4 Å². The molecule has 0 spiro atoms. The van der Waals surface area contributed by atoms with Crippen molar-refractivity contribution in [2.75, 3.05) is 0 Å². The lowest BCUT2D eigenvalue weighted by molar-refractivity contribution is -0.418. The summed E-state index contributed by atoms with van der Waals surface area (Å²) in [7, 11) is 0. The summed E-state index contributed by atoms with van der Waals surface area (Å²) in [5, 5.41) is 0. The van der Waals surface area contributed by atoms with Crippen molar-refractivity contribution in [3.8, 4) is 0 Å². The van der Waals surface area contributed by atoms with Crippen LogP contribution < -0.4 is 0 Å². The lowest BCUT2D eigenvalue weighted by atomic mass is 9.80. The monoisotopic (exact) mass is 300 g/mol. The van der Waals surface area contributed by atoms with Crippen molar-refractivity contribution in [1.29, 1.82) is 0 Å². The lowest BCUT2D eigenvalue weighted by Gasteiger charge is -2.55. The molecule has 0 aromatic heterocycles. The summed E-state index contributed by atoms with van der Waals surface area (Å²) in [6.07, 6.45) is 7.28. The molecule has 4 atom stereocenters. The number of halogens is 1. The number of hydrogen-bond acceptors (Lipinski definition) is 3. The Bertz CT molecular complexity index is 226. The van der Waals surface area contributed by atoms with Crippen LogP contribution in [0.15, 0.2) is 0 Å². The summed E-state index contributed by atoms with van der Waals surface area (Å²) in [5.41, 5.74) is 0.0998. The molecule has 88 valence electrons. The van der Waals surface area contributed by atoms with E-state index in [1.54, 1.807) is 0 Å². The second-order valence-electron chi connectivity index (χ2n) is 5.20. The molecule has 0 saturated carbocycles. The molecule has 4 fully saturated rings. The second-order valence-corrected chi connectivity index (χ2v) is 8.66. The summed E-state index contributed by atoms with van der Waals surface area (Å²) < 4.78 is 18.9. The Morgan fingerprint density at radius 3 is 2.88 bits per heavy atom. The third-order valence-electron chi connectivity index (χ3n) is 3.89. The van der Waals surface area contributed by atoms with Crippen LogP contribution in [0.3, 0.4) is 0 Å². The molecule has 3 nitrogen and oxygen atoms in total. The predicted octanol–water partition coefficient (Wildman–Crippen LogP) is 2.61. The van der Waals surface area contributed by atoms with Crippen LogP contribution in [0.1, 0.15) is 38.5 Å². The molecule has 4 unspecified atom stereocenters. The van der Waals surface area contributed by atoms with Crippen LogP contribution in [0.5, 0.6) is 0 Å². The Kier molecular flexibility index (Phi) is 3.82. The molecule has 0 aromatic rings. The first-order valence-corrected chi connectivity index (χ1v) is 11.2. The lowest BCUT2D eigenvalue weighted by Crippen LogP contribution is -2.61. The number of rotatable bonds is 5. The van der Waals surface area contributed by atoms with Gasteiger partial charge in [0.2, 0.25) is 0 Å². The van der Waals surface area contributed by atoms with Gasteiger partial charge in [-0.1, -0.05) is 12.8 Å². The highest BCUT2D eigenvalue weighted by atomic mass is 79.9. The minimum atomic E-state index is 0.0248. The second kappa shape index (κ2) is 5.01. The molecule has 4 bridgehead atoms. The molecule has 0 amide bonds. The first-order valence-electron chi connectivity index (χ1n) is 6.34. The molecule has 0 aromatic carbocycles. The van der Waals surface area contributed by atoms with E-state index in [-0.39, 0.29) is 36.4 Å². The Labute approximate surface area is 112 Å². The Morgan fingerprint density at radius 1 is 1.19 bits per heavy atom. The maximum atomic E-state index is 6.09. The number of ether oxygens (including phenoxy) is 3. The van der Waals surface area contributed by atoms with Gasteiger partial charge in [0.25, 0.3) is 0 Å². The van der Waals surface area contributed by atoms with Crippen molar-refractivity contribution >= 4 is 31.1 Å². The summed E-state index contributed by atoms with van der Waals surface area (Å²) >= 11 is 3.68. The van der Waals surface area contributed by atoms with Crippen LogP contribution in [0.4, 0.5) is 0 Å². The van der Waals surface area contributed by atoms with E-state index in [0.29, 0.717) is 6.10 Å². The molecule has 4 aliphatic rings. The summed E-state index contributed by atoms with van der Waals surface area (Å²) in [6, 6.07) is 0. The third kappa shape index (κ3) is 2.45. The van der Waals surface area contributed by atoms with Crippen LogP contribution in [0, 0.1) is 0 Å². The van der Waals surface area contributed by atoms with Gasteiger partial charge in [-0.25, -0.2) is 0 Å². The maximum Gasteiger partial charge on any atom is 0.468 e. The van der Waals surface area contributed by atoms with Crippen molar-refractivity contribution in [3.05, 3.63) is 0 Å². The van der Waals surface area contributed by atoms with E-state index >= 15 is 0 Å². The fourth-order valence-electron chi connectivity index (χ4n) is 3.20. The third-order valence-corrected chi connectivity index (χ3v) is 6.34. The zero-order chi connectivity index (χ0) is 11.0. The van der Waals surface area contributed by atoms with Crippen LogP contribution >= 0.6 is 12.9 Å². The summed E-state index contributed by atoms with van der Waals surface area (Å²) in [5.74, 6) is 0. The van der Waals surface area contributed by atoms with Crippen molar-refractivity contribution in [3.63, 3.8) is 0 Å². The van der Waals surface area contributed by atoms with Crippen molar-refractivity contribution in [1.82, 2.24) is 0 Å². The molecule has 4 saturated heterocycles. The Hall–Kier alpha value is 1.13. The zero-order valence-electron chi connectivity index (χ0n) is 9.49. The van der Waals surface area contributed by atoms with Gasteiger partial charge in [0.15, 0.2) is 12.6 Å². The van der Waals surface area contributed by atoms with E-state index in [1.807, 2.05) is 0 Å². The van der Waals surface area contributed by atoms with E-state index < -0.39 is 0 Å². The molecular formula is C11H17BrMgO3. The molecule has 0 aliphatic carbocycles.